The molecule has 1 amide bonds. The molecule has 3 aliphatic rings. The smallest absolute Gasteiger partial charge is 0.225 e. The molecule has 1 aromatic rings. The molecule has 0 saturated carbocycles. The Labute approximate surface area is 130 Å². The minimum atomic E-state index is 0.190. The fourth-order valence-electron chi connectivity index (χ4n) is 4.30. The van der Waals surface area contributed by atoms with Crippen LogP contribution >= 0.6 is 0 Å². The van der Waals surface area contributed by atoms with Gasteiger partial charge in [-0.15, -0.1) is 0 Å². The van der Waals surface area contributed by atoms with Crippen molar-refractivity contribution in [3.8, 4) is 11.5 Å². The number of carbonyl (C=O) groups is 1. The zero-order chi connectivity index (χ0) is 15.3. The van der Waals surface area contributed by atoms with E-state index in [2.05, 4.69) is 21.9 Å². The van der Waals surface area contributed by atoms with E-state index in [1.54, 1.807) is 14.2 Å². The van der Waals surface area contributed by atoms with Crippen molar-refractivity contribution in [1.29, 1.82) is 0 Å². The van der Waals surface area contributed by atoms with Crippen LogP contribution in [-0.4, -0.2) is 49.2 Å². The molecular formula is C17H22N2O3. The first kappa shape index (κ1) is 13.9. The second-order valence-corrected chi connectivity index (χ2v) is 6.32. The third kappa shape index (κ3) is 1.92. The molecule has 2 unspecified atom stereocenters. The van der Waals surface area contributed by atoms with Gasteiger partial charge in [0.25, 0.3) is 0 Å². The number of amides is 1. The number of nitrogens with zero attached hydrogens (tertiary/aromatic N) is 2. The fraction of sp³-hybridized carbons (Fsp3) is 0.588. The van der Waals surface area contributed by atoms with Crippen LogP contribution in [0, 0.1) is 0 Å². The number of ether oxygens (including phenoxy) is 2. The van der Waals surface area contributed by atoms with Crippen LogP contribution in [0.4, 0.5) is 0 Å². The summed E-state index contributed by atoms with van der Waals surface area (Å²) in [5.74, 6) is 1.83. The summed E-state index contributed by atoms with van der Waals surface area (Å²) in [5, 5.41) is 0. The molecule has 22 heavy (non-hydrogen) atoms. The molecule has 4 rings (SSSR count). The van der Waals surface area contributed by atoms with Gasteiger partial charge in [0.1, 0.15) is 0 Å². The van der Waals surface area contributed by atoms with Crippen molar-refractivity contribution in [1.82, 2.24) is 9.80 Å². The second kappa shape index (κ2) is 5.16. The van der Waals surface area contributed by atoms with E-state index in [4.69, 9.17) is 9.47 Å². The Kier molecular flexibility index (Phi) is 3.26. The summed E-state index contributed by atoms with van der Waals surface area (Å²) in [6.07, 6.45) is 4.11. The first-order valence-electron chi connectivity index (χ1n) is 8.03. The number of hydrogen-bond donors (Lipinski definition) is 0. The molecule has 0 aliphatic carbocycles. The van der Waals surface area contributed by atoms with Gasteiger partial charge in [0, 0.05) is 25.6 Å². The van der Waals surface area contributed by atoms with Crippen molar-refractivity contribution in [3.05, 3.63) is 23.3 Å². The van der Waals surface area contributed by atoms with Crippen molar-refractivity contribution in [2.75, 3.05) is 27.3 Å². The first-order chi connectivity index (χ1) is 10.7. The Balaban J connectivity index is 1.75. The van der Waals surface area contributed by atoms with Gasteiger partial charge in [-0.25, -0.2) is 0 Å². The molecule has 118 valence electrons. The molecule has 0 radical (unpaired) electrons. The highest BCUT2D eigenvalue weighted by Crippen LogP contribution is 2.44. The molecule has 1 aromatic carbocycles. The summed E-state index contributed by atoms with van der Waals surface area (Å²) in [5.41, 5.74) is 2.53. The minimum absolute atomic E-state index is 0.190. The van der Waals surface area contributed by atoms with Crippen molar-refractivity contribution in [2.24, 2.45) is 0 Å². The van der Waals surface area contributed by atoms with E-state index in [9.17, 15) is 4.79 Å². The molecule has 3 heterocycles. The molecule has 0 bridgehead atoms. The van der Waals surface area contributed by atoms with E-state index in [1.165, 1.54) is 11.1 Å². The van der Waals surface area contributed by atoms with Crippen LogP contribution in [0.1, 0.15) is 36.4 Å². The average molecular weight is 302 g/mol. The highest BCUT2D eigenvalue weighted by molar-refractivity contribution is 5.79. The van der Waals surface area contributed by atoms with Gasteiger partial charge in [0.05, 0.1) is 20.4 Å². The number of carbonyl (C=O) groups excluding carboxylic acids is 1. The van der Waals surface area contributed by atoms with Gasteiger partial charge in [-0.2, -0.15) is 0 Å². The molecule has 3 aliphatic heterocycles. The molecule has 0 aromatic heterocycles. The molecule has 2 saturated heterocycles. The number of benzene rings is 1. The first-order valence-corrected chi connectivity index (χ1v) is 8.03. The zero-order valence-electron chi connectivity index (χ0n) is 13.2. The van der Waals surface area contributed by atoms with Crippen LogP contribution in [0.2, 0.25) is 0 Å². The Morgan fingerprint density at radius 3 is 2.68 bits per heavy atom. The Bertz CT molecular complexity index is 616. The van der Waals surface area contributed by atoms with E-state index in [-0.39, 0.29) is 6.04 Å². The Morgan fingerprint density at radius 2 is 1.91 bits per heavy atom. The standard InChI is InChI=1S/C17H22N2O3/c1-21-14-8-11-5-7-18-13(12(11)9-15(14)22-2)10-17(20)19-6-3-4-16(18)19/h8-9,13,16H,3-7,10H2,1-2H3. The summed E-state index contributed by atoms with van der Waals surface area (Å²) < 4.78 is 10.9. The van der Waals surface area contributed by atoms with Crippen LogP contribution in [0.3, 0.4) is 0 Å². The monoisotopic (exact) mass is 302 g/mol. The lowest BCUT2D eigenvalue weighted by Crippen LogP contribution is -2.56. The zero-order valence-corrected chi connectivity index (χ0v) is 13.2. The van der Waals surface area contributed by atoms with Gasteiger partial charge >= 0.3 is 0 Å². The summed E-state index contributed by atoms with van der Waals surface area (Å²) in [7, 11) is 3.33. The molecule has 2 atom stereocenters. The van der Waals surface area contributed by atoms with Crippen LogP contribution in [0.25, 0.3) is 0 Å². The summed E-state index contributed by atoms with van der Waals surface area (Å²) in [6, 6.07) is 4.34. The lowest BCUT2D eigenvalue weighted by molar-refractivity contribution is -0.146. The maximum Gasteiger partial charge on any atom is 0.225 e. The minimum Gasteiger partial charge on any atom is -0.493 e. The SMILES string of the molecule is COc1cc2c(cc1OC)C1CC(=O)N3CCCC3N1CC2. The van der Waals surface area contributed by atoms with Crippen molar-refractivity contribution in [2.45, 2.75) is 37.9 Å². The molecule has 5 heteroatoms. The number of fused-ring (bicyclic) bond motifs is 5. The van der Waals surface area contributed by atoms with Crippen molar-refractivity contribution >= 4 is 5.91 Å². The van der Waals surface area contributed by atoms with Crippen LogP contribution in [-0.2, 0) is 11.2 Å². The van der Waals surface area contributed by atoms with Crippen LogP contribution in [0.5, 0.6) is 11.5 Å². The highest BCUT2D eigenvalue weighted by Gasteiger charge is 2.44. The van der Waals surface area contributed by atoms with Gasteiger partial charge in [-0.05, 0) is 42.5 Å². The fourth-order valence-corrected chi connectivity index (χ4v) is 4.30. The maximum absolute atomic E-state index is 12.5. The molecule has 5 nitrogen and oxygen atoms in total. The second-order valence-electron chi connectivity index (χ2n) is 6.32. The molecule has 0 N–H and O–H groups in total. The van der Waals surface area contributed by atoms with E-state index in [0.29, 0.717) is 18.5 Å². The van der Waals surface area contributed by atoms with Gasteiger partial charge in [-0.1, -0.05) is 0 Å². The van der Waals surface area contributed by atoms with Gasteiger partial charge in [0.2, 0.25) is 5.91 Å². The van der Waals surface area contributed by atoms with Crippen molar-refractivity contribution in [3.63, 3.8) is 0 Å². The topological polar surface area (TPSA) is 42.0 Å². The van der Waals surface area contributed by atoms with E-state index >= 15 is 0 Å². The Hall–Kier alpha value is -1.75. The third-order valence-corrected chi connectivity index (χ3v) is 5.34. The molecule has 2 fully saturated rings. The van der Waals surface area contributed by atoms with Gasteiger partial charge < -0.3 is 14.4 Å². The normalized spacial score (nSPS) is 27.2. The van der Waals surface area contributed by atoms with Gasteiger partial charge in [-0.3, -0.25) is 9.69 Å². The predicted octanol–water partition coefficient (Wildman–Crippen LogP) is 1.96. The third-order valence-electron chi connectivity index (χ3n) is 5.34. The van der Waals surface area contributed by atoms with E-state index in [1.807, 2.05) is 0 Å². The van der Waals surface area contributed by atoms with Crippen LogP contribution < -0.4 is 9.47 Å². The molecule has 0 spiro atoms. The lowest BCUT2D eigenvalue weighted by Gasteiger charge is -2.48. The van der Waals surface area contributed by atoms with E-state index < -0.39 is 0 Å². The van der Waals surface area contributed by atoms with Crippen molar-refractivity contribution < 1.29 is 14.3 Å². The largest absolute Gasteiger partial charge is 0.493 e. The lowest BCUT2D eigenvalue weighted by atomic mass is 9.87. The number of methoxy groups -OCH3 is 2. The number of hydrogen-bond acceptors (Lipinski definition) is 4. The quantitative estimate of drug-likeness (QED) is 0.837. The predicted molar refractivity (Wildman–Crippen MR) is 82.0 cm³/mol. The average Bonchev–Trinajstić information content (AvgIpc) is 3.04. The van der Waals surface area contributed by atoms with Crippen LogP contribution in [0.15, 0.2) is 12.1 Å². The Morgan fingerprint density at radius 1 is 1.14 bits per heavy atom. The molecular weight excluding hydrogens is 280 g/mol. The highest BCUT2D eigenvalue weighted by atomic mass is 16.5. The number of rotatable bonds is 2. The summed E-state index contributed by atoms with van der Waals surface area (Å²) >= 11 is 0. The van der Waals surface area contributed by atoms with E-state index in [0.717, 1.165) is 43.9 Å². The summed E-state index contributed by atoms with van der Waals surface area (Å²) in [4.78, 5) is 17.0. The van der Waals surface area contributed by atoms with Gasteiger partial charge in [0.15, 0.2) is 11.5 Å². The maximum atomic E-state index is 12.5. The summed E-state index contributed by atoms with van der Waals surface area (Å²) in [6.45, 7) is 1.94.